The van der Waals surface area contributed by atoms with Gasteiger partial charge in [-0.1, -0.05) is 18.2 Å². The molecule has 8 nitrogen and oxygen atoms in total. The molecule has 0 saturated heterocycles. The Hall–Kier alpha value is -3.55. The summed E-state index contributed by atoms with van der Waals surface area (Å²) in [6, 6.07) is 11.2. The zero-order chi connectivity index (χ0) is 19.8. The average molecular weight is 379 g/mol. The fourth-order valence-corrected chi connectivity index (χ4v) is 2.64. The highest BCUT2D eigenvalue weighted by atomic mass is 16.5. The molecule has 0 aliphatic rings. The van der Waals surface area contributed by atoms with Gasteiger partial charge in [-0.2, -0.15) is 0 Å². The van der Waals surface area contributed by atoms with Crippen molar-refractivity contribution in [3.63, 3.8) is 0 Å². The minimum Gasteiger partial charge on any atom is -0.497 e. The van der Waals surface area contributed by atoms with Crippen molar-refractivity contribution in [3.05, 3.63) is 81.8 Å². The van der Waals surface area contributed by atoms with Crippen molar-refractivity contribution in [2.24, 2.45) is 0 Å². The summed E-state index contributed by atoms with van der Waals surface area (Å²) in [7, 11) is 1.60. The van der Waals surface area contributed by atoms with Gasteiger partial charge < -0.3 is 15.0 Å². The van der Waals surface area contributed by atoms with E-state index in [0.717, 1.165) is 16.9 Å². The highest BCUT2D eigenvalue weighted by Gasteiger charge is 2.09. The lowest BCUT2D eigenvalue weighted by atomic mass is 10.1. The normalized spacial score (nSPS) is 10.5. The highest BCUT2D eigenvalue weighted by Crippen LogP contribution is 2.14. The van der Waals surface area contributed by atoms with E-state index in [-0.39, 0.29) is 30.0 Å². The van der Waals surface area contributed by atoms with Crippen LogP contribution in [0.4, 0.5) is 0 Å². The summed E-state index contributed by atoms with van der Waals surface area (Å²) in [4.78, 5) is 30.9. The Kier molecular flexibility index (Phi) is 6.46. The van der Waals surface area contributed by atoms with Crippen LogP contribution in [0.2, 0.25) is 0 Å². The lowest BCUT2D eigenvalue weighted by molar-refractivity contribution is -0.121. The third-order valence-corrected chi connectivity index (χ3v) is 4.12. The van der Waals surface area contributed by atoms with Crippen molar-refractivity contribution >= 4 is 5.91 Å². The van der Waals surface area contributed by atoms with Gasteiger partial charge in [0.15, 0.2) is 0 Å². The molecule has 28 heavy (non-hydrogen) atoms. The number of amides is 1. The van der Waals surface area contributed by atoms with Crippen molar-refractivity contribution in [2.75, 3.05) is 7.11 Å². The lowest BCUT2D eigenvalue weighted by Gasteiger charge is -2.06. The molecule has 1 aromatic carbocycles. The predicted octanol–water partition coefficient (Wildman–Crippen LogP) is 1.41. The molecule has 0 fully saturated rings. The number of hydrogen-bond acceptors (Lipinski definition) is 6. The van der Waals surface area contributed by atoms with Crippen LogP contribution in [-0.4, -0.2) is 33.2 Å². The van der Waals surface area contributed by atoms with Gasteiger partial charge in [0.25, 0.3) is 5.56 Å². The smallest absolute Gasteiger partial charge is 0.272 e. The molecule has 0 radical (unpaired) electrons. The summed E-state index contributed by atoms with van der Waals surface area (Å²) in [6.07, 6.45) is 4.19. The number of methoxy groups -OCH3 is 1. The number of pyridine rings is 1. The van der Waals surface area contributed by atoms with E-state index in [2.05, 4.69) is 25.5 Å². The second kappa shape index (κ2) is 9.40. The number of hydrogen-bond donors (Lipinski definition) is 2. The van der Waals surface area contributed by atoms with E-state index in [1.807, 2.05) is 36.4 Å². The zero-order valence-electron chi connectivity index (χ0n) is 15.5. The Balaban J connectivity index is 1.53. The van der Waals surface area contributed by atoms with E-state index in [9.17, 15) is 9.59 Å². The molecule has 3 rings (SSSR count). The molecule has 0 aliphatic heterocycles. The van der Waals surface area contributed by atoms with Gasteiger partial charge >= 0.3 is 0 Å². The number of nitrogens with zero attached hydrogens (tertiary/aromatic N) is 3. The van der Waals surface area contributed by atoms with Crippen LogP contribution >= 0.6 is 0 Å². The molecule has 2 N–H and O–H groups in total. The highest BCUT2D eigenvalue weighted by molar-refractivity contribution is 5.76. The predicted molar refractivity (Wildman–Crippen MR) is 103 cm³/mol. The average Bonchev–Trinajstić information content (AvgIpc) is 2.72. The van der Waals surface area contributed by atoms with Gasteiger partial charge in [0, 0.05) is 38.2 Å². The quantitative estimate of drug-likeness (QED) is 0.612. The third-order valence-electron chi connectivity index (χ3n) is 4.12. The Morgan fingerprint density at radius 2 is 2.04 bits per heavy atom. The summed E-state index contributed by atoms with van der Waals surface area (Å²) in [5, 5.41) is 10.9. The largest absolute Gasteiger partial charge is 0.497 e. The first-order valence-electron chi connectivity index (χ1n) is 8.87. The van der Waals surface area contributed by atoms with Crippen LogP contribution in [0.3, 0.4) is 0 Å². The SMILES string of the molecule is COc1cccc(Cc2nnc(CCC(=O)NCc3cccnc3)c(=O)[nH]2)c1. The second-order valence-electron chi connectivity index (χ2n) is 6.21. The van der Waals surface area contributed by atoms with Crippen molar-refractivity contribution in [1.29, 1.82) is 0 Å². The van der Waals surface area contributed by atoms with E-state index < -0.39 is 0 Å². The molecular formula is C20H21N5O3. The molecule has 0 unspecified atom stereocenters. The lowest BCUT2D eigenvalue weighted by Crippen LogP contribution is -2.25. The van der Waals surface area contributed by atoms with Crippen LogP contribution in [-0.2, 0) is 24.2 Å². The summed E-state index contributed by atoms with van der Waals surface area (Å²) in [6.45, 7) is 0.397. The number of carbonyl (C=O) groups excluding carboxylic acids is 1. The minimum atomic E-state index is -0.326. The maximum Gasteiger partial charge on any atom is 0.272 e. The molecule has 0 spiro atoms. The summed E-state index contributed by atoms with van der Waals surface area (Å²) < 4.78 is 5.19. The number of H-pyrrole nitrogens is 1. The van der Waals surface area contributed by atoms with Gasteiger partial charge in [0.05, 0.1) is 7.11 Å². The second-order valence-corrected chi connectivity index (χ2v) is 6.21. The van der Waals surface area contributed by atoms with E-state index in [1.54, 1.807) is 19.5 Å². The summed E-state index contributed by atoms with van der Waals surface area (Å²) in [5.41, 5.74) is 1.78. The van der Waals surface area contributed by atoms with Crippen molar-refractivity contribution in [3.8, 4) is 5.75 Å². The molecular weight excluding hydrogens is 358 g/mol. The van der Waals surface area contributed by atoms with E-state index in [1.165, 1.54) is 0 Å². The van der Waals surface area contributed by atoms with Gasteiger partial charge in [-0.05, 0) is 29.3 Å². The van der Waals surface area contributed by atoms with Gasteiger partial charge in [-0.25, -0.2) is 0 Å². The molecule has 3 aromatic rings. The third kappa shape index (κ3) is 5.47. The molecule has 0 saturated carbocycles. The Morgan fingerprint density at radius 3 is 2.79 bits per heavy atom. The topological polar surface area (TPSA) is 110 Å². The fraction of sp³-hybridized carbons (Fsp3) is 0.250. The van der Waals surface area contributed by atoms with Crippen LogP contribution in [0.15, 0.2) is 53.6 Å². The van der Waals surface area contributed by atoms with Crippen molar-refractivity contribution in [2.45, 2.75) is 25.8 Å². The van der Waals surface area contributed by atoms with E-state index in [0.29, 0.717) is 18.8 Å². The molecule has 1 amide bonds. The number of carbonyl (C=O) groups is 1. The first-order valence-corrected chi connectivity index (χ1v) is 8.87. The summed E-state index contributed by atoms with van der Waals surface area (Å²) >= 11 is 0. The van der Waals surface area contributed by atoms with Gasteiger partial charge in [0.2, 0.25) is 5.91 Å². The van der Waals surface area contributed by atoms with Gasteiger partial charge in [0.1, 0.15) is 17.3 Å². The number of nitrogens with one attached hydrogen (secondary N) is 2. The standard InChI is InChI=1S/C20H21N5O3/c1-28-16-6-2-4-14(10-16)11-18-23-20(27)17(24-25-18)7-8-19(26)22-13-15-5-3-9-21-12-15/h2-6,9-10,12H,7-8,11,13H2,1H3,(H,22,26)(H,23,25,27). The van der Waals surface area contributed by atoms with E-state index >= 15 is 0 Å². The maximum atomic E-state index is 12.2. The van der Waals surface area contributed by atoms with Gasteiger partial charge in [-0.3, -0.25) is 14.6 Å². The van der Waals surface area contributed by atoms with Crippen molar-refractivity contribution in [1.82, 2.24) is 25.5 Å². The van der Waals surface area contributed by atoms with Crippen LogP contribution < -0.4 is 15.6 Å². The molecule has 8 heteroatoms. The first-order chi connectivity index (χ1) is 13.6. The number of benzene rings is 1. The molecule has 0 bridgehead atoms. The van der Waals surface area contributed by atoms with Gasteiger partial charge in [-0.15, -0.1) is 10.2 Å². The minimum absolute atomic E-state index is 0.160. The van der Waals surface area contributed by atoms with Crippen LogP contribution in [0.1, 0.15) is 29.1 Å². The fourth-order valence-electron chi connectivity index (χ4n) is 2.64. The van der Waals surface area contributed by atoms with Crippen LogP contribution in [0, 0.1) is 0 Å². The van der Waals surface area contributed by atoms with Crippen LogP contribution in [0.25, 0.3) is 0 Å². The first kappa shape index (κ1) is 19.2. The number of ether oxygens (including phenoxy) is 1. The number of aromatic amines is 1. The molecule has 2 aromatic heterocycles. The zero-order valence-corrected chi connectivity index (χ0v) is 15.5. The van der Waals surface area contributed by atoms with Crippen LogP contribution in [0.5, 0.6) is 5.75 Å². The molecule has 0 aliphatic carbocycles. The number of aromatic nitrogens is 4. The molecule has 144 valence electrons. The Labute approximate surface area is 162 Å². The monoisotopic (exact) mass is 379 g/mol. The Morgan fingerprint density at radius 1 is 1.18 bits per heavy atom. The summed E-state index contributed by atoms with van der Waals surface area (Å²) in [5.74, 6) is 1.04. The maximum absolute atomic E-state index is 12.2. The number of rotatable bonds is 8. The number of aryl methyl sites for hydroxylation is 1. The Bertz CT molecular complexity index is 988. The molecule has 0 atom stereocenters. The van der Waals surface area contributed by atoms with E-state index in [4.69, 9.17) is 4.74 Å². The molecule has 2 heterocycles. The van der Waals surface area contributed by atoms with Crippen molar-refractivity contribution < 1.29 is 9.53 Å².